The van der Waals surface area contributed by atoms with Crippen LogP contribution in [0.1, 0.15) is 99.3 Å². The van der Waals surface area contributed by atoms with Crippen molar-refractivity contribution in [2.75, 3.05) is 7.05 Å². The second-order valence-electron chi connectivity index (χ2n) is 13.3. The lowest BCUT2D eigenvalue weighted by molar-refractivity contribution is -0.146. The van der Waals surface area contributed by atoms with Crippen LogP contribution in [0.2, 0.25) is 0 Å². The molecule has 2 spiro atoms. The molecule has 1 amide bonds. The van der Waals surface area contributed by atoms with Crippen LogP contribution in [0.25, 0.3) is 0 Å². The van der Waals surface area contributed by atoms with E-state index in [-0.39, 0.29) is 11.3 Å². The van der Waals surface area contributed by atoms with E-state index in [1.54, 1.807) is 6.92 Å². The third-order valence-corrected chi connectivity index (χ3v) is 12.6. The highest BCUT2D eigenvalue weighted by Crippen LogP contribution is 2.88. The van der Waals surface area contributed by atoms with Gasteiger partial charge in [-0.3, -0.25) is 4.79 Å². The van der Waals surface area contributed by atoms with Crippen molar-refractivity contribution >= 4 is 5.91 Å². The molecule has 0 radical (unpaired) electrons. The first-order chi connectivity index (χ1) is 14.0. The zero-order valence-electron chi connectivity index (χ0n) is 20.7. The molecule has 0 aromatic carbocycles. The van der Waals surface area contributed by atoms with Crippen LogP contribution >= 0.6 is 0 Å². The Labute approximate surface area is 184 Å². The van der Waals surface area contributed by atoms with Crippen molar-refractivity contribution in [2.45, 2.75) is 111 Å². The maximum atomic E-state index is 11.9. The Bertz CT molecular complexity index is 747. The van der Waals surface area contributed by atoms with Crippen LogP contribution < -0.4 is 10.6 Å². The van der Waals surface area contributed by atoms with Crippen molar-refractivity contribution < 1.29 is 4.79 Å². The smallest absolute Gasteiger partial charge is 0.217 e. The Hall–Kier alpha value is -0.570. The SMILES string of the molecule is CNC(C)[C@H]1CC[C@@]2(C)[C@@H]3CCC4C(C)(C)[C@@H](NC(C)=O)CC[C@@]45C[C@@]35CC[C@]12C. The van der Waals surface area contributed by atoms with Gasteiger partial charge in [0.05, 0.1) is 0 Å². The highest BCUT2D eigenvalue weighted by molar-refractivity contribution is 5.73. The van der Waals surface area contributed by atoms with Gasteiger partial charge in [-0.2, -0.15) is 0 Å². The molecule has 0 aromatic rings. The predicted octanol–water partition coefficient (Wildman–Crippen LogP) is 5.54. The van der Waals surface area contributed by atoms with Crippen molar-refractivity contribution in [3.63, 3.8) is 0 Å². The van der Waals surface area contributed by atoms with Gasteiger partial charge in [0.2, 0.25) is 5.91 Å². The van der Waals surface area contributed by atoms with E-state index in [0.29, 0.717) is 33.7 Å². The molecule has 5 fully saturated rings. The summed E-state index contributed by atoms with van der Waals surface area (Å²) in [6.45, 7) is 14.4. The van der Waals surface area contributed by atoms with E-state index in [1.165, 1.54) is 57.8 Å². The number of fused-ring (bicyclic) bond motifs is 2. The van der Waals surface area contributed by atoms with Gasteiger partial charge in [-0.15, -0.1) is 0 Å². The van der Waals surface area contributed by atoms with Gasteiger partial charge >= 0.3 is 0 Å². The molecule has 5 aliphatic rings. The third-order valence-electron chi connectivity index (χ3n) is 12.6. The van der Waals surface area contributed by atoms with Crippen molar-refractivity contribution in [2.24, 2.45) is 44.8 Å². The lowest BCUT2D eigenvalue weighted by Crippen LogP contribution is -2.60. The minimum absolute atomic E-state index is 0.153. The van der Waals surface area contributed by atoms with Crippen molar-refractivity contribution in [3.05, 3.63) is 0 Å². The van der Waals surface area contributed by atoms with Gasteiger partial charge in [-0.05, 0) is 117 Å². The van der Waals surface area contributed by atoms with Gasteiger partial charge in [0, 0.05) is 19.0 Å². The molecule has 3 nitrogen and oxygen atoms in total. The van der Waals surface area contributed by atoms with Gasteiger partial charge in [0.15, 0.2) is 0 Å². The molecule has 5 aliphatic carbocycles. The van der Waals surface area contributed by atoms with Crippen molar-refractivity contribution in [1.82, 2.24) is 10.6 Å². The molecule has 0 aliphatic heterocycles. The summed E-state index contributed by atoms with van der Waals surface area (Å²) in [5, 5.41) is 6.95. The fourth-order valence-corrected chi connectivity index (χ4v) is 10.9. The van der Waals surface area contributed by atoms with E-state index in [2.05, 4.69) is 52.3 Å². The van der Waals surface area contributed by atoms with E-state index in [9.17, 15) is 4.79 Å². The van der Waals surface area contributed by atoms with Gasteiger partial charge < -0.3 is 10.6 Å². The van der Waals surface area contributed by atoms with E-state index in [4.69, 9.17) is 0 Å². The Morgan fingerprint density at radius 2 is 1.53 bits per heavy atom. The molecular formula is C27H46N2O. The molecule has 5 saturated carbocycles. The first-order valence-electron chi connectivity index (χ1n) is 12.9. The third kappa shape index (κ3) is 2.29. The van der Waals surface area contributed by atoms with Crippen molar-refractivity contribution in [3.8, 4) is 0 Å². The molecule has 3 heteroatoms. The van der Waals surface area contributed by atoms with Crippen LogP contribution in [0.3, 0.4) is 0 Å². The predicted molar refractivity (Wildman–Crippen MR) is 123 cm³/mol. The molecule has 9 atom stereocenters. The van der Waals surface area contributed by atoms with Gasteiger partial charge in [0.1, 0.15) is 0 Å². The molecule has 0 heterocycles. The monoisotopic (exact) mass is 414 g/mol. The zero-order valence-corrected chi connectivity index (χ0v) is 20.7. The normalized spacial score (nSPS) is 54.2. The summed E-state index contributed by atoms with van der Waals surface area (Å²) in [5.74, 6) is 2.68. The number of nitrogens with one attached hydrogen (secondary N) is 2. The van der Waals surface area contributed by atoms with Crippen molar-refractivity contribution in [1.29, 1.82) is 0 Å². The molecular weight excluding hydrogens is 368 g/mol. The van der Waals surface area contributed by atoms with E-state index >= 15 is 0 Å². The summed E-state index contributed by atoms with van der Waals surface area (Å²) in [7, 11) is 2.16. The summed E-state index contributed by atoms with van der Waals surface area (Å²) in [4.78, 5) is 11.9. The van der Waals surface area contributed by atoms with E-state index in [0.717, 1.165) is 17.8 Å². The minimum atomic E-state index is 0.153. The van der Waals surface area contributed by atoms with Crippen LogP contribution in [-0.2, 0) is 4.79 Å². The number of carbonyl (C=O) groups excluding carboxylic acids is 1. The maximum Gasteiger partial charge on any atom is 0.217 e. The average Bonchev–Trinajstić information content (AvgIpc) is 3.26. The number of carbonyl (C=O) groups is 1. The lowest BCUT2D eigenvalue weighted by Gasteiger charge is -2.63. The van der Waals surface area contributed by atoms with Crippen LogP contribution in [0.4, 0.5) is 0 Å². The van der Waals surface area contributed by atoms with Gasteiger partial charge in [-0.1, -0.05) is 27.7 Å². The summed E-state index contributed by atoms with van der Waals surface area (Å²) in [6.07, 6.45) is 12.6. The van der Waals surface area contributed by atoms with E-state index < -0.39 is 0 Å². The highest BCUT2D eigenvalue weighted by Gasteiger charge is 2.82. The summed E-state index contributed by atoms with van der Waals surface area (Å²) in [5.41, 5.74) is 2.41. The van der Waals surface area contributed by atoms with Crippen LogP contribution in [-0.4, -0.2) is 25.0 Å². The molecule has 2 N–H and O–H groups in total. The molecule has 5 rings (SSSR count). The first kappa shape index (κ1) is 21.3. The Morgan fingerprint density at radius 3 is 2.20 bits per heavy atom. The first-order valence-corrected chi connectivity index (χ1v) is 12.9. The molecule has 170 valence electrons. The van der Waals surface area contributed by atoms with Crippen LogP contribution in [0.5, 0.6) is 0 Å². The van der Waals surface area contributed by atoms with Gasteiger partial charge in [0.25, 0.3) is 0 Å². The number of amides is 1. The summed E-state index contributed by atoms with van der Waals surface area (Å²) >= 11 is 0. The second-order valence-corrected chi connectivity index (χ2v) is 13.3. The molecule has 0 bridgehead atoms. The average molecular weight is 415 g/mol. The standard InChI is InChI=1S/C27H46N2O/c1-17(28-7)19-10-12-25(6)21-9-8-20-23(3,4)22(29-18(2)30)11-13-26(20)16-27(21,26)15-14-24(19,25)5/h17,19-22,28H,8-16H2,1-7H3,(H,29,30)/t17?,19-,20?,21+,22+,24-,25+,26-,27+/m1/s1. The number of hydrogen-bond donors (Lipinski definition) is 2. The number of rotatable bonds is 3. The summed E-state index contributed by atoms with van der Waals surface area (Å²) in [6, 6.07) is 0.985. The fourth-order valence-electron chi connectivity index (χ4n) is 10.9. The summed E-state index contributed by atoms with van der Waals surface area (Å²) < 4.78 is 0. The Kier molecular flexibility index (Phi) is 4.45. The quantitative estimate of drug-likeness (QED) is 0.637. The molecule has 2 unspecified atom stereocenters. The Morgan fingerprint density at radius 1 is 0.867 bits per heavy atom. The Balaban J connectivity index is 1.47. The number of hydrogen-bond acceptors (Lipinski definition) is 2. The zero-order chi connectivity index (χ0) is 21.7. The maximum absolute atomic E-state index is 11.9. The topological polar surface area (TPSA) is 41.1 Å². The molecule has 30 heavy (non-hydrogen) atoms. The second kappa shape index (κ2) is 6.27. The fraction of sp³-hybridized carbons (Fsp3) is 0.963. The van der Waals surface area contributed by atoms with Crippen LogP contribution in [0, 0.1) is 44.8 Å². The van der Waals surface area contributed by atoms with E-state index in [1.807, 2.05) is 0 Å². The molecule has 0 aromatic heterocycles. The van der Waals surface area contributed by atoms with Gasteiger partial charge in [-0.25, -0.2) is 0 Å². The largest absolute Gasteiger partial charge is 0.353 e. The minimum Gasteiger partial charge on any atom is -0.353 e. The lowest BCUT2D eigenvalue weighted by atomic mass is 9.42. The van der Waals surface area contributed by atoms with Crippen LogP contribution in [0.15, 0.2) is 0 Å². The highest BCUT2D eigenvalue weighted by atomic mass is 16.1. The molecule has 0 saturated heterocycles.